The molecule has 0 aromatic carbocycles. The number of nitrogens with one attached hydrogen (secondary N) is 1. The lowest BCUT2D eigenvalue weighted by molar-refractivity contribution is 0.103. The van der Waals surface area contributed by atoms with E-state index < -0.39 is 6.09 Å². The van der Waals surface area contributed by atoms with Gasteiger partial charge in [-0.2, -0.15) is 0 Å². The summed E-state index contributed by atoms with van der Waals surface area (Å²) in [5.41, 5.74) is 1.27. The SMILES string of the molecule is Cc1cccc(C(=O)c2sc(NC(=O)O)nc2-c2ccco2)n1. The molecule has 0 fully saturated rings. The molecule has 3 aromatic rings. The van der Waals surface area contributed by atoms with E-state index in [4.69, 9.17) is 9.52 Å². The maximum atomic E-state index is 12.7. The van der Waals surface area contributed by atoms with Gasteiger partial charge in [0, 0.05) is 5.69 Å². The number of aryl methyl sites for hydroxylation is 1. The number of anilines is 1. The Morgan fingerprint density at radius 1 is 1.22 bits per heavy atom. The number of pyridine rings is 1. The lowest BCUT2D eigenvalue weighted by atomic mass is 10.1. The molecule has 0 bridgehead atoms. The van der Waals surface area contributed by atoms with Gasteiger partial charge < -0.3 is 9.52 Å². The predicted molar refractivity (Wildman–Crippen MR) is 83.9 cm³/mol. The average Bonchev–Trinajstić information content (AvgIpc) is 3.14. The highest BCUT2D eigenvalue weighted by atomic mass is 32.1. The quantitative estimate of drug-likeness (QED) is 0.710. The van der Waals surface area contributed by atoms with E-state index in [1.807, 2.05) is 0 Å². The van der Waals surface area contributed by atoms with Gasteiger partial charge in [-0.1, -0.05) is 17.4 Å². The van der Waals surface area contributed by atoms with Crippen molar-refractivity contribution in [2.24, 2.45) is 0 Å². The molecule has 0 aliphatic heterocycles. The second-order valence-corrected chi connectivity index (χ2v) is 5.60. The van der Waals surface area contributed by atoms with Gasteiger partial charge in [0.15, 0.2) is 10.9 Å². The highest BCUT2D eigenvalue weighted by Gasteiger charge is 2.24. The minimum Gasteiger partial charge on any atom is -0.465 e. The molecule has 3 aromatic heterocycles. The summed E-state index contributed by atoms with van der Waals surface area (Å²) < 4.78 is 5.28. The van der Waals surface area contributed by atoms with E-state index in [-0.39, 0.29) is 27.2 Å². The van der Waals surface area contributed by atoms with Crippen molar-refractivity contribution in [2.45, 2.75) is 6.92 Å². The summed E-state index contributed by atoms with van der Waals surface area (Å²) in [6, 6.07) is 8.44. The Morgan fingerprint density at radius 2 is 2.04 bits per heavy atom. The standard InChI is InChI=1S/C15H11N3O4S/c1-8-4-2-5-9(16-8)12(19)13-11(10-6-3-7-22-10)17-14(23-13)18-15(20)21/h2-7H,1H3,(H,17,18)(H,20,21). The molecule has 0 aliphatic carbocycles. The van der Waals surface area contributed by atoms with Crippen LogP contribution in [0.15, 0.2) is 41.0 Å². The van der Waals surface area contributed by atoms with Crippen molar-refractivity contribution in [3.63, 3.8) is 0 Å². The number of carbonyl (C=O) groups is 2. The van der Waals surface area contributed by atoms with Crippen LogP contribution in [0.3, 0.4) is 0 Å². The zero-order chi connectivity index (χ0) is 16.4. The smallest absolute Gasteiger partial charge is 0.410 e. The van der Waals surface area contributed by atoms with Crippen LogP contribution in [0.5, 0.6) is 0 Å². The average molecular weight is 329 g/mol. The van der Waals surface area contributed by atoms with Gasteiger partial charge >= 0.3 is 6.09 Å². The Hall–Kier alpha value is -3.00. The molecular formula is C15H11N3O4S. The van der Waals surface area contributed by atoms with E-state index in [9.17, 15) is 9.59 Å². The first kappa shape index (κ1) is 14.9. The van der Waals surface area contributed by atoms with Gasteiger partial charge in [-0.05, 0) is 31.2 Å². The number of nitrogens with zero attached hydrogens (tertiary/aromatic N) is 2. The van der Waals surface area contributed by atoms with Crippen molar-refractivity contribution in [1.82, 2.24) is 9.97 Å². The Kier molecular flexibility index (Phi) is 3.90. The first-order valence-corrected chi connectivity index (χ1v) is 7.39. The molecule has 0 aliphatic rings. The summed E-state index contributed by atoms with van der Waals surface area (Å²) in [6.07, 6.45) is 0.204. The molecule has 8 heteroatoms. The lowest BCUT2D eigenvalue weighted by Gasteiger charge is -2.00. The van der Waals surface area contributed by atoms with Crippen molar-refractivity contribution in [1.29, 1.82) is 0 Å². The number of furan rings is 1. The molecule has 0 radical (unpaired) electrons. The molecule has 0 saturated carbocycles. The van der Waals surface area contributed by atoms with Gasteiger partial charge in [-0.25, -0.2) is 14.8 Å². The molecule has 0 saturated heterocycles. The third kappa shape index (κ3) is 3.11. The van der Waals surface area contributed by atoms with Gasteiger partial charge in [-0.3, -0.25) is 10.1 Å². The zero-order valence-corrected chi connectivity index (χ0v) is 12.8. The van der Waals surface area contributed by atoms with Crippen LogP contribution in [0.1, 0.15) is 21.1 Å². The first-order valence-electron chi connectivity index (χ1n) is 6.57. The molecule has 2 N–H and O–H groups in total. The summed E-state index contributed by atoms with van der Waals surface area (Å²) in [7, 11) is 0. The van der Waals surface area contributed by atoms with Gasteiger partial charge in [0.05, 0.1) is 6.26 Å². The van der Waals surface area contributed by atoms with Gasteiger partial charge in [0.2, 0.25) is 5.78 Å². The second kappa shape index (κ2) is 6.01. The molecule has 0 atom stereocenters. The normalized spacial score (nSPS) is 10.5. The maximum Gasteiger partial charge on any atom is 0.410 e. The first-order chi connectivity index (χ1) is 11.0. The fourth-order valence-electron chi connectivity index (χ4n) is 1.99. The summed E-state index contributed by atoms with van der Waals surface area (Å²) in [6.45, 7) is 1.79. The molecule has 116 valence electrons. The highest BCUT2D eigenvalue weighted by Crippen LogP contribution is 2.33. The largest absolute Gasteiger partial charge is 0.465 e. The number of carboxylic acid groups (broad SMARTS) is 1. The Morgan fingerprint density at radius 3 is 2.70 bits per heavy atom. The molecular weight excluding hydrogens is 318 g/mol. The number of hydrogen-bond acceptors (Lipinski definition) is 6. The molecule has 3 heterocycles. The summed E-state index contributed by atoms with van der Waals surface area (Å²) in [4.78, 5) is 32.1. The van der Waals surface area contributed by atoms with E-state index in [0.29, 0.717) is 11.5 Å². The van der Waals surface area contributed by atoms with Crippen LogP contribution < -0.4 is 5.32 Å². The number of thiazole rings is 1. The van der Waals surface area contributed by atoms with Crippen LogP contribution in [0.2, 0.25) is 0 Å². The highest BCUT2D eigenvalue weighted by molar-refractivity contribution is 7.18. The van der Waals surface area contributed by atoms with E-state index in [0.717, 1.165) is 11.3 Å². The Labute approximate surface area is 134 Å². The number of rotatable bonds is 4. The number of hydrogen-bond donors (Lipinski definition) is 2. The molecule has 23 heavy (non-hydrogen) atoms. The van der Waals surface area contributed by atoms with E-state index in [1.54, 1.807) is 37.3 Å². The fraction of sp³-hybridized carbons (Fsp3) is 0.0667. The summed E-state index contributed by atoms with van der Waals surface area (Å²) in [5, 5.41) is 11.1. The van der Waals surface area contributed by atoms with E-state index in [1.165, 1.54) is 6.26 Å². The third-order valence-electron chi connectivity index (χ3n) is 2.92. The van der Waals surface area contributed by atoms with E-state index >= 15 is 0 Å². The van der Waals surface area contributed by atoms with Gasteiger partial charge in [0.25, 0.3) is 0 Å². The van der Waals surface area contributed by atoms with Crippen molar-refractivity contribution < 1.29 is 19.1 Å². The minimum atomic E-state index is -1.25. The Balaban J connectivity index is 2.08. The summed E-state index contributed by atoms with van der Waals surface area (Å²) in [5.74, 6) is 0.0479. The maximum absolute atomic E-state index is 12.7. The number of amides is 1. The van der Waals surface area contributed by atoms with Crippen LogP contribution in [0.4, 0.5) is 9.93 Å². The van der Waals surface area contributed by atoms with Crippen LogP contribution in [-0.4, -0.2) is 27.0 Å². The molecule has 0 spiro atoms. The molecule has 1 amide bonds. The number of aromatic nitrogens is 2. The summed E-state index contributed by atoms with van der Waals surface area (Å²) >= 11 is 0.942. The molecule has 0 unspecified atom stereocenters. The minimum absolute atomic E-state index is 0.0971. The van der Waals surface area contributed by atoms with Crippen molar-refractivity contribution >= 4 is 28.3 Å². The zero-order valence-electron chi connectivity index (χ0n) is 11.9. The topological polar surface area (TPSA) is 105 Å². The van der Waals surface area contributed by atoms with Crippen molar-refractivity contribution in [3.8, 4) is 11.5 Å². The number of carbonyl (C=O) groups excluding carboxylic acids is 1. The van der Waals surface area contributed by atoms with Gasteiger partial charge in [0.1, 0.15) is 16.3 Å². The third-order valence-corrected chi connectivity index (χ3v) is 3.89. The molecule has 3 rings (SSSR count). The number of ketones is 1. The van der Waals surface area contributed by atoms with Crippen LogP contribution in [0, 0.1) is 6.92 Å². The van der Waals surface area contributed by atoms with Crippen LogP contribution >= 0.6 is 11.3 Å². The predicted octanol–water partition coefficient (Wildman–Crippen LogP) is 3.43. The van der Waals surface area contributed by atoms with Gasteiger partial charge in [-0.15, -0.1) is 0 Å². The van der Waals surface area contributed by atoms with Crippen LogP contribution in [-0.2, 0) is 0 Å². The van der Waals surface area contributed by atoms with Crippen molar-refractivity contribution in [3.05, 3.63) is 52.9 Å². The van der Waals surface area contributed by atoms with E-state index in [2.05, 4.69) is 15.3 Å². The lowest BCUT2D eigenvalue weighted by Crippen LogP contribution is -2.06. The van der Waals surface area contributed by atoms with Crippen molar-refractivity contribution in [2.75, 3.05) is 5.32 Å². The second-order valence-electron chi connectivity index (χ2n) is 4.60. The fourth-order valence-corrected chi connectivity index (χ4v) is 2.89. The monoisotopic (exact) mass is 329 g/mol. The Bertz CT molecular complexity index is 871. The molecule has 7 nitrogen and oxygen atoms in total. The van der Waals surface area contributed by atoms with Crippen LogP contribution in [0.25, 0.3) is 11.5 Å².